The van der Waals surface area contributed by atoms with Gasteiger partial charge in [0.25, 0.3) is 5.91 Å². The predicted molar refractivity (Wildman–Crippen MR) is 51.8 cm³/mol. The summed E-state index contributed by atoms with van der Waals surface area (Å²) in [7, 11) is 0. The van der Waals surface area contributed by atoms with Crippen molar-refractivity contribution in [1.29, 1.82) is 0 Å². The third-order valence-electron chi connectivity index (χ3n) is 1.70. The van der Waals surface area contributed by atoms with Crippen LogP contribution in [0.25, 0.3) is 0 Å². The number of primary amides is 1. The van der Waals surface area contributed by atoms with Gasteiger partial charge in [0.2, 0.25) is 11.7 Å². The van der Waals surface area contributed by atoms with E-state index in [9.17, 15) is 14.4 Å². The molecule has 0 atom stereocenters. The van der Waals surface area contributed by atoms with Crippen molar-refractivity contribution in [3.8, 4) is 0 Å². The standard InChI is InChI=1S/C9H10N2O5/c10-7(12)3-4-11-8(13)5-1-2-6(16-5)9(14)15/h1-2H,3-4H2,(H2,10,12)(H,11,13)(H,14,15). The maximum atomic E-state index is 11.3. The molecule has 1 aromatic rings. The Kier molecular flexibility index (Phi) is 3.65. The van der Waals surface area contributed by atoms with Gasteiger partial charge in [-0.15, -0.1) is 0 Å². The second-order valence-electron chi connectivity index (χ2n) is 2.94. The number of rotatable bonds is 5. The van der Waals surface area contributed by atoms with Crippen LogP contribution in [0.5, 0.6) is 0 Å². The molecular formula is C9H10N2O5. The van der Waals surface area contributed by atoms with E-state index >= 15 is 0 Å². The lowest BCUT2D eigenvalue weighted by molar-refractivity contribution is -0.117. The summed E-state index contributed by atoms with van der Waals surface area (Å²) in [6.45, 7) is 0.0806. The van der Waals surface area contributed by atoms with E-state index in [1.165, 1.54) is 12.1 Å². The molecule has 4 N–H and O–H groups in total. The molecule has 0 aliphatic rings. The summed E-state index contributed by atoms with van der Waals surface area (Å²) in [5.41, 5.74) is 4.87. The Morgan fingerprint density at radius 3 is 2.44 bits per heavy atom. The van der Waals surface area contributed by atoms with Gasteiger partial charge < -0.3 is 20.6 Å². The highest BCUT2D eigenvalue weighted by Gasteiger charge is 2.14. The van der Waals surface area contributed by atoms with Gasteiger partial charge in [0.05, 0.1) is 0 Å². The molecule has 0 unspecified atom stereocenters. The summed E-state index contributed by atoms with van der Waals surface area (Å²) < 4.78 is 4.74. The summed E-state index contributed by atoms with van der Waals surface area (Å²) in [6.07, 6.45) is 0.0121. The normalized spacial score (nSPS) is 9.75. The highest BCUT2D eigenvalue weighted by atomic mass is 16.4. The van der Waals surface area contributed by atoms with Gasteiger partial charge in [-0.1, -0.05) is 0 Å². The first-order chi connectivity index (χ1) is 7.50. The average Bonchev–Trinajstić information content (AvgIpc) is 2.65. The third kappa shape index (κ3) is 3.12. The van der Waals surface area contributed by atoms with Crippen LogP contribution < -0.4 is 11.1 Å². The zero-order valence-electron chi connectivity index (χ0n) is 8.23. The Morgan fingerprint density at radius 2 is 1.94 bits per heavy atom. The Labute approximate surface area is 90.2 Å². The first-order valence-corrected chi connectivity index (χ1v) is 4.40. The van der Waals surface area contributed by atoms with Crippen LogP contribution in [-0.2, 0) is 4.79 Å². The van der Waals surface area contributed by atoms with Crippen molar-refractivity contribution < 1.29 is 23.9 Å². The summed E-state index contributed by atoms with van der Waals surface area (Å²) in [4.78, 5) is 32.1. The summed E-state index contributed by atoms with van der Waals surface area (Å²) >= 11 is 0. The number of carboxylic acids is 1. The quantitative estimate of drug-likeness (QED) is 0.629. The van der Waals surface area contributed by atoms with Crippen molar-refractivity contribution in [1.82, 2.24) is 5.32 Å². The van der Waals surface area contributed by atoms with Crippen molar-refractivity contribution in [3.63, 3.8) is 0 Å². The highest BCUT2D eigenvalue weighted by molar-refractivity contribution is 5.93. The van der Waals surface area contributed by atoms with Gasteiger partial charge in [0, 0.05) is 13.0 Å². The van der Waals surface area contributed by atoms with Crippen LogP contribution >= 0.6 is 0 Å². The van der Waals surface area contributed by atoms with Crippen LogP contribution in [0.1, 0.15) is 27.5 Å². The van der Waals surface area contributed by atoms with Crippen LogP contribution in [-0.4, -0.2) is 29.4 Å². The lowest BCUT2D eigenvalue weighted by Crippen LogP contribution is -2.27. The zero-order chi connectivity index (χ0) is 12.1. The van der Waals surface area contributed by atoms with E-state index in [-0.39, 0.29) is 24.5 Å². The van der Waals surface area contributed by atoms with Crippen LogP contribution in [0.3, 0.4) is 0 Å². The molecular weight excluding hydrogens is 216 g/mol. The van der Waals surface area contributed by atoms with Gasteiger partial charge in [-0.2, -0.15) is 0 Å². The molecule has 7 heteroatoms. The molecule has 86 valence electrons. The summed E-state index contributed by atoms with van der Waals surface area (Å²) in [5, 5.41) is 10.9. The molecule has 0 aliphatic heterocycles. The smallest absolute Gasteiger partial charge is 0.371 e. The maximum absolute atomic E-state index is 11.3. The van der Waals surface area contributed by atoms with Gasteiger partial charge in [0.1, 0.15) is 0 Å². The van der Waals surface area contributed by atoms with Crippen LogP contribution in [0, 0.1) is 0 Å². The Morgan fingerprint density at radius 1 is 1.31 bits per heavy atom. The average molecular weight is 226 g/mol. The number of carboxylic acid groups (broad SMARTS) is 1. The Bertz CT molecular complexity index is 423. The second-order valence-corrected chi connectivity index (χ2v) is 2.94. The number of hydrogen-bond acceptors (Lipinski definition) is 4. The molecule has 0 aliphatic carbocycles. The largest absolute Gasteiger partial charge is 0.475 e. The first-order valence-electron chi connectivity index (χ1n) is 4.40. The minimum absolute atomic E-state index is 0.0121. The predicted octanol–water partition coefficient (Wildman–Crippen LogP) is -0.417. The fourth-order valence-corrected chi connectivity index (χ4v) is 0.961. The number of carbonyl (C=O) groups is 3. The maximum Gasteiger partial charge on any atom is 0.371 e. The minimum Gasteiger partial charge on any atom is -0.475 e. The van der Waals surface area contributed by atoms with Crippen molar-refractivity contribution in [2.45, 2.75) is 6.42 Å². The van der Waals surface area contributed by atoms with E-state index in [2.05, 4.69) is 5.32 Å². The molecule has 0 spiro atoms. The van der Waals surface area contributed by atoms with E-state index in [4.69, 9.17) is 15.3 Å². The first kappa shape index (κ1) is 11.8. The minimum atomic E-state index is -1.25. The highest BCUT2D eigenvalue weighted by Crippen LogP contribution is 2.07. The molecule has 0 bridgehead atoms. The van der Waals surface area contributed by atoms with Gasteiger partial charge in [-0.25, -0.2) is 4.79 Å². The summed E-state index contributed by atoms with van der Waals surface area (Å²) in [6, 6.07) is 2.41. The molecule has 0 radical (unpaired) electrons. The number of aromatic carboxylic acids is 1. The van der Waals surface area contributed by atoms with E-state index < -0.39 is 17.8 Å². The molecule has 0 fully saturated rings. The van der Waals surface area contributed by atoms with Gasteiger partial charge >= 0.3 is 5.97 Å². The molecule has 0 saturated carbocycles. The van der Waals surface area contributed by atoms with Gasteiger partial charge in [-0.3, -0.25) is 9.59 Å². The molecule has 1 aromatic heterocycles. The second kappa shape index (κ2) is 4.96. The monoisotopic (exact) mass is 226 g/mol. The van der Waals surface area contributed by atoms with Gasteiger partial charge in [0.15, 0.2) is 5.76 Å². The van der Waals surface area contributed by atoms with E-state index in [1.54, 1.807) is 0 Å². The van der Waals surface area contributed by atoms with Crippen LogP contribution in [0.15, 0.2) is 16.5 Å². The third-order valence-corrected chi connectivity index (χ3v) is 1.70. The van der Waals surface area contributed by atoms with Crippen LogP contribution in [0.2, 0.25) is 0 Å². The zero-order valence-corrected chi connectivity index (χ0v) is 8.23. The Balaban J connectivity index is 2.53. The number of furan rings is 1. The fourth-order valence-electron chi connectivity index (χ4n) is 0.961. The Hall–Kier alpha value is -2.31. The van der Waals surface area contributed by atoms with E-state index in [0.29, 0.717) is 0 Å². The molecule has 16 heavy (non-hydrogen) atoms. The van der Waals surface area contributed by atoms with E-state index in [0.717, 1.165) is 0 Å². The number of carbonyl (C=O) groups excluding carboxylic acids is 2. The van der Waals surface area contributed by atoms with E-state index in [1.807, 2.05) is 0 Å². The van der Waals surface area contributed by atoms with Gasteiger partial charge in [-0.05, 0) is 12.1 Å². The molecule has 7 nitrogen and oxygen atoms in total. The topological polar surface area (TPSA) is 123 Å². The van der Waals surface area contributed by atoms with Crippen molar-refractivity contribution in [3.05, 3.63) is 23.7 Å². The SMILES string of the molecule is NC(=O)CCNC(=O)c1ccc(C(=O)O)o1. The number of hydrogen-bond donors (Lipinski definition) is 3. The van der Waals surface area contributed by atoms with Crippen molar-refractivity contribution in [2.75, 3.05) is 6.54 Å². The number of nitrogens with one attached hydrogen (secondary N) is 1. The molecule has 1 heterocycles. The molecule has 2 amide bonds. The summed E-state index contributed by atoms with van der Waals surface area (Å²) in [5.74, 6) is -2.82. The number of amides is 2. The number of nitrogens with two attached hydrogens (primary N) is 1. The van der Waals surface area contributed by atoms with Crippen molar-refractivity contribution in [2.24, 2.45) is 5.73 Å². The lowest BCUT2D eigenvalue weighted by Gasteiger charge is -1.99. The lowest BCUT2D eigenvalue weighted by atomic mass is 10.3. The molecule has 0 aromatic carbocycles. The molecule has 0 saturated heterocycles. The fraction of sp³-hybridized carbons (Fsp3) is 0.222. The molecule has 1 rings (SSSR count). The van der Waals surface area contributed by atoms with Crippen LogP contribution in [0.4, 0.5) is 0 Å². The van der Waals surface area contributed by atoms with Crippen molar-refractivity contribution >= 4 is 17.8 Å².